The van der Waals surface area contributed by atoms with Gasteiger partial charge in [-0.05, 0) is 38.2 Å². The molecule has 0 heterocycles. The number of carboxylic acid groups (broad SMARTS) is 1. The zero-order valence-corrected chi connectivity index (χ0v) is 8.05. The van der Waals surface area contributed by atoms with Gasteiger partial charge in [-0.3, -0.25) is 4.79 Å². The van der Waals surface area contributed by atoms with Gasteiger partial charge >= 0.3 is 5.97 Å². The van der Waals surface area contributed by atoms with E-state index in [9.17, 15) is 4.79 Å². The molecule has 0 unspecified atom stereocenters. The first-order chi connectivity index (χ1) is 6.20. The van der Waals surface area contributed by atoms with Crippen molar-refractivity contribution in [2.45, 2.75) is 39.0 Å². The Morgan fingerprint density at radius 1 is 1.46 bits per heavy atom. The van der Waals surface area contributed by atoms with Crippen LogP contribution in [0.4, 0.5) is 0 Å². The molecule has 0 bridgehead atoms. The summed E-state index contributed by atoms with van der Waals surface area (Å²) >= 11 is 0. The lowest BCUT2D eigenvalue weighted by Crippen LogP contribution is -1.95. The molecule has 1 rings (SSSR count). The molecule has 0 spiro atoms. The Balaban J connectivity index is 2.51. The molecular formula is C11H16O2. The molecule has 0 saturated carbocycles. The molecule has 0 aromatic carbocycles. The van der Waals surface area contributed by atoms with Crippen LogP contribution in [0.3, 0.4) is 0 Å². The van der Waals surface area contributed by atoms with Crippen molar-refractivity contribution in [3.8, 4) is 0 Å². The van der Waals surface area contributed by atoms with Crippen LogP contribution in [0.25, 0.3) is 0 Å². The average molecular weight is 180 g/mol. The van der Waals surface area contributed by atoms with Gasteiger partial charge in [0.25, 0.3) is 0 Å². The molecule has 72 valence electrons. The van der Waals surface area contributed by atoms with E-state index in [0.717, 1.165) is 6.42 Å². The van der Waals surface area contributed by atoms with E-state index in [2.05, 4.69) is 6.92 Å². The van der Waals surface area contributed by atoms with Crippen LogP contribution in [-0.4, -0.2) is 11.1 Å². The van der Waals surface area contributed by atoms with Crippen LogP contribution in [-0.2, 0) is 4.79 Å². The van der Waals surface area contributed by atoms with E-state index < -0.39 is 5.97 Å². The first kappa shape index (κ1) is 10.0. The lowest BCUT2D eigenvalue weighted by molar-refractivity contribution is -0.135. The summed E-state index contributed by atoms with van der Waals surface area (Å²) in [4.78, 5) is 10.3. The molecule has 1 N–H and O–H groups in total. The highest BCUT2D eigenvalue weighted by Gasteiger charge is 2.05. The highest BCUT2D eigenvalue weighted by Crippen LogP contribution is 2.24. The predicted octanol–water partition coefficient (Wildman–Crippen LogP) is 2.91. The number of allylic oxidation sites excluding steroid dienone is 3. The van der Waals surface area contributed by atoms with E-state index in [1.165, 1.54) is 30.4 Å². The van der Waals surface area contributed by atoms with Gasteiger partial charge in [-0.2, -0.15) is 0 Å². The highest BCUT2D eigenvalue weighted by atomic mass is 16.4. The molecule has 1 aliphatic carbocycles. The molecule has 1 aliphatic rings. The third-order valence-electron chi connectivity index (χ3n) is 2.41. The Bertz CT molecular complexity index is 249. The van der Waals surface area contributed by atoms with Gasteiger partial charge < -0.3 is 5.11 Å². The fourth-order valence-corrected chi connectivity index (χ4v) is 1.61. The van der Waals surface area contributed by atoms with Crippen molar-refractivity contribution in [2.24, 2.45) is 0 Å². The average Bonchev–Trinajstić information content (AvgIpc) is 2.08. The van der Waals surface area contributed by atoms with Gasteiger partial charge in [-0.15, -0.1) is 0 Å². The Morgan fingerprint density at radius 3 is 2.77 bits per heavy atom. The third kappa shape index (κ3) is 3.45. The van der Waals surface area contributed by atoms with Crippen LogP contribution >= 0.6 is 0 Å². The number of carbonyl (C=O) groups is 1. The van der Waals surface area contributed by atoms with E-state index in [1.807, 2.05) is 6.08 Å². The van der Waals surface area contributed by atoms with E-state index >= 15 is 0 Å². The topological polar surface area (TPSA) is 37.3 Å². The monoisotopic (exact) mass is 180 g/mol. The lowest BCUT2D eigenvalue weighted by atomic mass is 9.92. The maximum Gasteiger partial charge on any atom is 0.307 e. The van der Waals surface area contributed by atoms with E-state index in [1.54, 1.807) is 6.08 Å². The maximum absolute atomic E-state index is 10.3. The SMILES string of the molecule is CC1=C(/C=C/CC(=O)O)CCCC1. The van der Waals surface area contributed by atoms with Gasteiger partial charge in [0.15, 0.2) is 0 Å². The molecule has 0 saturated heterocycles. The van der Waals surface area contributed by atoms with E-state index in [0.29, 0.717) is 0 Å². The van der Waals surface area contributed by atoms with Crippen LogP contribution in [0, 0.1) is 0 Å². The second-order valence-electron chi connectivity index (χ2n) is 3.51. The Kier molecular flexibility index (Phi) is 3.74. The van der Waals surface area contributed by atoms with Crippen molar-refractivity contribution in [3.63, 3.8) is 0 Å². The second-order valence-corrected chi connectivity index (χ2v) is 3.51. The number of hydrogen-bond acceptors (Lipinski definition) is 1. The largest absolute Gasteiger partial charge is 0.481 e. The minimum Gasteiger partial charge on any atom is -0.481 e. The van der Waals surface area contributed by atoms with E-state index in [-0.39, 0.29) is 6.42 Å². The summed E-state index contributed by atoms with van der Waals surface area (Å²) in [5.74, 6) is -0.759. The van der Waals surface area contributed by atoms with E-state index in [4.69, 9.17) is 5.11 Å². The van der Waals surface area contributed by atoms with Crippen molar-refractivity contribution in [1.29, 1.82) is 0 Å². The normalized spacial score (nSPS) is 18.2. The summed E-state index contributed by atoms with van der Waals surface area (Å²) in [5.41, 5.74) is 2.76. The Labute approximate surface area is 79.0 Å². The van der Waals surface area contributed by atoms with Gasteiger partial charge in [0.1, 0.15) is 0 Å². The number of rotatable bonds is 3. The van der Waals surface area contributed by atoms with Crippen molar-refractivity contribution in [3.05, 3.63) is 23.3 Å². The molecule has 0 atom stereocenters. The molecule has 0 aromatic rings. The van der Waals surface area contributed by atoms with Crippen LogP contribution < -0.4 is 0 Å². The fourth-order valence-electron chi connectivity index (χ4n) is 1.61. The fraction of sp³-hybridized carbons (Fsp3) is 0.545. The summed E-state index contributed by atoms with van der Waals surface area (Å²) < 4.78 is 0. The van der Waals surface area contributed by atoms with Crippen molar-refractivity contribution in [2.75, 3.05) is 0 Å². The molecule has 13 heavy (non-hydrogen) atoms. The zero-order chi connectivity index (χ0) is 9.68. The molecule has 0 aromatic heterocycles. The first-order valence-corrected chi connectivity index (χ1v) is 4.77. The van der Waals surface area contributed by atoms with Gasteiger partial charge in [0, 0.05) is 0 Å². The zero-order valence-electron chi connectivity index (χ0n) is 8.05. The number of aliphatic carboxylic acids is 1. The quantitative estimate of drug-likeness (QED) is 0.725. The minimum atomic E-state index is -0.759. The summed E-state index contributed by atoms with van der Waals surface area (Å²) in [6.07, 6.45) is 8.66. The predicted molar refractivity (Wildman–Crippen MR) is 52.6 cm³/mol. The summed E-state index contributed by atoms with van der Waals surface area (Å²) in [7, 11) is 0. The summed E-state index contributed by atoms with van der Waals surface area (Å²) in [6.45, 7) is 2.14. The lowest BCUT2D eigenvalue weighted by Gasteiger charge is -2.14. The Morgan fingerprint density at radius 2 is 2.15 bits per heavy atom. The van der Waals surface area contributed by atoms with Crippen LogP contribution in [0.1, 0.15) is 39.0 Å². The number of carboxylic acids is 1. The molecule has 0 amide bonds. The van der Waals surface area contributed by atoms with Gasteiger partial charge in [0.05, 0.1) is 6.42 Å². The molecule has 0 aliphatic heterocycles. The molecule has 2 heteroatoms. The van der Waals surface area contributed by atoms with Crippen LogP contribution in [0.15, 0.2) is 23.3 Å². The smallest absolute Gasteiger partial charge is 0.307 e. The summed E-state index contributed by atoms with van der Waals surface area (Å²) in [5, 5.41) is 8.44. The molecule has 2 nitrogen and oxygen atoms in total. The molecular weight excluding hydrogens is 164 g/mol. The van der Waals surface area contributed by atoms with Gasteiger partial charge in [0.2, 0.25) is 0 Å². The van der Waals surface area contributed by atoms with Crippen LogP contribution in [0.5, 0.6) is 0 Å². The third-order valence-corrected chi connectivity index (χ3v) is 2.41. The standard InChI is InChI=1S/C11H16O2/c1-9-5-2-3-6-10(9)7-4-8-11(12)13/h4,7H,2-3,5-6,8H2,1H3,(H,12,13)/b7-4+. The van der Waals surface area contributed by atoms with Gasteiger partial charge in [-0.25, -0.2) is 0 Å². The highest BCUT2D eigenvalue weighted by molar-refractivity contribution is 5.68. The first-order valence-electron chi connectivity index (χ1n) is 4.77. The number of hydrogen-bond donors (Lipinski definition) is 1. The maximum atomic E-state index is 10.3. The van der Waals surface area contributed by atoms with Crippen LogP contribution in [0.2, 0.25) is 0 Å². The van der Waals surface area contributed by atoms with Crippen molar-refractivity contribution >= 4 is 5.97 Å². The molecule has 0 fully saturated rings. The van der Waals surface area contributed by atoms with Crippen molar-refractivity contribution in [1.82, 2.24) is 0 Å². The van der Waals surface area contributed by atoms with Gasteiger partial charge in [-0.1, -0.05) is 17.7 Å². The van der Waals surface area contributed by atoms with Crippen molar-refractivity contribution < 1.29 is 9.90 Å². The Hall–Kier alpha value is -1.05. The summed E-state index contributed by atoms with van der Waals surface area (Å²) in [6, 6.07) is 0. The molecule has 0 radical (unpaired) electrons. The second kappa shape index (κ2) is 4.85. The minimum absolute atomic E-state index is 0.136.